The van der Waals surface area contributed by atoms with Gasteiger partial charge in [-0.2, -0.15) is 0 Å². The molecule has 1 aliphatic rings. The van der Waals surface area contributed by atoms with Crippen LogP contribution in [0.15, 0.2) is 24.3 Å². The van der Waals surface area contributed by atoms with Crippen LogP contribution in [0, 0.1) is 5.92 Å². The Labute approximate surface area is 99.6 Å². The normalized spacial score (nSPS) is 28.2. The highest BCUT2D eigenvalue weighted by molar-refractivity contribution is 6.10. The largest absolute Gasteiger partial charge is 0.508 e. The number of nitrogens with one attached hydrogen (secondary N) is 1. The first-order valence-corrected chi connectivity index (χ1v) is 5.65. The Morgan fingerprint density at radius 1 is 1.29 bits per heavy atom. The molecular formula is C13H15NO3. The summed E-state index contributed by atoms with van der Waals surface area (Å²) in [6, 6.07) is 6.44. The Balaban J connectivity index is 2.50. The van der Waals surface area contributed by atoms with E-state index in [-0.39, 0.29) is 23.5 Å². The lowest BCUT2D eigenvalue weighted by Crippen LogP contribution is -2.36. The van der Waals surface area contributed by atoms with Crippen molar-refractivity contribution in [3.05, 3.63) is 29.8 Å². The minimum absolute atomic E-state index is 0.148. The van der Waals surface area contributed by atoms with Crippen molar-refractivity contribution in [3.63, 3.8) is 0 Å². The summed E-state index contributed by atoms with van der Waals surface area (Å²) in [4.78, 5) is 23.7. The summed E-state index contributed by atoms with van der Waals surface area (Å²) in [7, 11) is 0. The lowest BCUT2D eigenvalue weighted by molar-refractivity contribution is -0.126. The lowest BCUT2D eigenvalue weighted by Gasteiger charge is -2.26. The zero-order valence-corrected chi connectivity index (χ0v) is 9.86. The minimum atomic E-state index is -0.834. The molecule has 1 aromatic carbocycles. The molecule has 90 valence electrons. The second kappa shape index (κ2) is 3.87. The second-order valence-electron chi connectivity index (χ2n) is 4.53. The van der Waals surface area contributed by atoms with E-state index in [1.165, 1.54) is 12.1 Å². The maximum absolute atomic E-state index is 12.0. The average Bonchev–Trinajstić information content (AvgIpc) is 2.51. The van der Waals surface area contributed by atoms with E-state index >= 15 is 0 Å². The maximum atomic E-state index is 12.0. The van der Waals surface area contributed by atoms with Gasteiger partial charge in [-0.25, -0.2) is 0 Å². The van der Waals surface area contributed by atoms with Crippen LogP contribution in [0.4, 0.5) is 0 Å². The molecule has 0 spiro atoms. The number of phenols is 1. The fourth-order valence-corrected chi connectivity index (χ4v) is 2.48. The van der Waals surface area contributed by atoms with Gasteiger partial charge in [-0.1, -0.05) is 19.1 Å². The van der Waals surface area contributed by atoms with Crippen molar-refractivity contribution >= 4 is 11.8 Å². The van der Waals surface area contributed by atoms with Crippen molar-refractivity contribution in [2.45, 2.75) is 25.7 Å². The van der Waals surface area contributed by atoms with Crippen LogP contribution in [0.1, 0.15) is 25.8 Å². The summed E-state index contributed by atoms with van der Waals surface area (Å²) in [5, 5.41) is 11.6. The molecule has 0 bridgehead atoms. The number of rotatable bonds is 2. The fraction of sp³-hybridized carbons (Fsp3) is 0.385. The zero-order chi connectivity index (χ0) is 12.6. The molecule has 17 heavy (non-hydrogen) atoms. The molecule has 2 rings (SSSR count). The van der Waals surface area contributed by atoms with Crippen LogP contribution in [0.2, 0.25) is 0 Å². The van der Waals surface area contributed by atoms with Crippen LogP contribution < -0.4 is 5.32 Å². The molecule has 1 saturated heterocycles. The molecule has 0 radical (unpaired) electrons. The first kappa shape index (κ1) is 11.6. The highest BCUT2D eigenvalue weighted by Crippen LogP contribution is 2.39. The molecule has 2 N–H and O–H groups in total. The van der Waals surface area contributed by atoms with Gasteiger partial charge >= 0.3 is 0 Å². The monoisotopic (exact) mass is 233 g/mol. The molecule has 0 unspecified atom stereocenters. The van der Waals surface area contributed by atoms with Gasteiger partial charge in [0.2, 0.25) is 11.8 Å². The number of carbonyl (C=O) groups is 2. The lowest BCUT2D eigenvalue weighted by atomic mass is 9.72. The van der Waals surface area contributed by atoms with Gasteiger partial charge in [0.05, 0.1) is 11.3 Å². The molecule has 1 aromatic rings. The van der Waals surface area contributed by atoms with Gasteiger partial charge < -0.3 is 5.11 Å². The molecule has 4 heteroatoms. The fourth-order valence-electron chi connectivity index (χ4n) is 2.48. The molecule has 1 aliphatic heterocycles. The molecule has 0 aliphatic carbocycles. The average molecular weight is 233 g/mol. The van der Waals surface area contributed by atoms with Gasteiger partial charge in [0.1, 0.15) is 5.75 Å². The number of aromatic hydroxyl groups is 1. The Morgan fingerprint density at radius 2 is 1.88 bits per heavy atom. The molecular weight excluding hydrogens is 218 g/mol. The SMILES string of the molecule is CC[C@H]1C(=O)NC(=O)[C@@]1(C)c1ccc(O)cc1. The number of imide groups is 1. The van der Waals surface area contributed by atoms with Crippen molar-refractivity contribution in [2.24, 2.45) is 5.92 Å². The smallest absolute Gasteiger partial charge is 0.237 e. The van der Waals surface area contributed by atoms with Crippen molar-refractivity contribution in [1.29, 1.82) is 0 Å². The number of phenolic OH excluding ortho intramolecular Hbond substituents is 1. The molecule has 0 aromatic heterocycles. The van der Waals surface area contributed by atoms with Gasteiger partial charge in [-0.05, 0) is 31.0 Å². The number of hydrogen-bond acceptors (Lipinski definition) is 3. The first-order valence-electron chi connectivity index (χ1n) is 5.65. The van der Waals surface area contributed by atoms with Crippen molar-refractivity contribution < 1.29 is 14.7 Å². The maximum Gasteiger partial charge on any atom is 0.237 e. The number of benzene rings is 1. The van der Waals surface area contributed by atoms with E-state index in [1.807, 2.05) is 6.92 Å². The molecule has 1 heterocycles. The van der Waals surface area contributed by atoms with E-state index in [9.17, 15) is 14.7 Å². The summed E-state index contributed by atoms with van der Waals surface area (Å²) in [6.45, 7) is 3.66. The Bertz CT molecular complexity index is 466. The van der Waals surface area contributed by atoms with Gasteiger partial charge in [-0.3, -0.25) is 14.9 Å². The molecule has 4 nitrogen and oxygen atoms in total. The van der Waals surface area contributed by atoms with Gasteiger partial charge in [0.25, 0.3) is 0 Å². The Kier molecular flexibility index (Phi) is 2.65. The van der Waals surface area contributed by atoms with E-state index in [2.05, 4.69) is 5.32 Å². The van der Waals surface area contributed by atoms with E-state index in [1.54, 1.807) is 19.1 Å². The van der Waals surface area contributed by atoms with E-state index < -0.39 is 5.41 Å². The summed E-state index contributed by atoms with van der Waals surface area (Å²) in [6.07, 6.45) is 0.606. The molecule has 0 saturated carbocycles. The van der Waals surface area contributed by atoms with Crippen LogP contribution >= 0.6 is 0 Å². The standard InChI is InChI=1S/C13H15NO3/c1-3-10-11(16)14-12(17)13(10,2)8-4-6-9(15)7-5-8/h4-7,10,15H,3H2,1-2H3,(H,14,16,17)/t10-,13-/m0/s1. The summed E-state index contributed by atoms with van der Waals surface area (Å²) < 4.78 is 0. The zero-order valence-electron chi connectivity index (χ0n) is 9.86. The summed E-state index contributed by atoms with van der Waals surface area (Å²) in [5.74, 6) is -0.678. The molecule has 2 atom stereocenters. The number of amides is 2. The third-order valence-electron chi connectivity index (χ3n) is 3.60. The third kappa shape index (κ3) is 1.60. The van der Waals surface area contributed by atoms with Gasteiger partial charge in [0, 0.05) is 0 Å². The third-order valence-corrected chi connectivity index (χ3v) is 3.60. The van der Waals surface area contributed by atoms with Crippen LogP contribution in [-0.4, -0.2) is 16.9 Å². The minimum Gasteiger partial charge on any atom is -0.508 e. The molecule has 2 amide bonds. The van der Waals surface area contributed by atoms with Crippen LogP contribution in [0.25, 0.3) is 0 Å². The van der Waals surface area contributed by atoms with Crippen molar-refractivity contribution in [1.82, 2.24) is 5.32 Å². The number of hydrogen-bond donors (Lipinski definition) is 2. The summed E-state index contributed by atoms with van der Waals surface area (Å²) in [5.41, 5.74) is -0.0787. The predicted octanol–water partition coefficient (Wildman–Crippen LogP) is 1.33. The van der Waals surface area contributed by atoms with Crippen LogP contribution in [-0.2, 0) is 15.0 Å². The topological polar surface area (TPSA) is 66.4 Å². The highest BCUT2D eigenvalue weighted by Gasteiger charge is 2.51. The van der Waals surface area contributed by atoms with Gasteiger partial charge in [-0.15, -0.1) is 0 Å². The molecule has 1 fully saturated rings. The Hall–Kier alpha value is -1.84. The van der Waals surface area contributed by atoms with Crippen molar-refractivity contribution in [3.8, 4) is 5.75 Å². The van der Waals surface area contributed by atoms with E-state index in [0.717, 1.165) is 5.56 Å². The van der Waals surface area contributed by atoms with E-state index in [4.69, 9.17) is 0 Å². The Morgan fingerprint density at radius 3 is 2.41 bits per heavy atom. The van der Waals surface area contributed by atoms with Crippen LogP contribution in [0.3, 0.4) is 0 Å². The van der Waals surface area contributed by atoms with E-state index in [0.29, 0.717) is 6.42 Å². The quantitative estimate of drug-likeness (QED) is 0.757. The highest BCUT2D eigenvalue weighted by atomic mass is 16.3. The number of carbonyl (C=O) groups excluding carboxylic acids is 2. The van der Waals surface area contributed by atoms with Crippen LogP contribution in [0.5, 0.6) is 5.75 Å². The summed E-state index contributed by atoms with van der Waals surface area (Å²) >= 11 is 0. The van der Waals surface area contributed by atoms with Crippen molar-refractivity contribution in [2.75, 3.05) is 0 Å². The second-order valence-corrected chi connectivity index (χ2v) is 4.53. The first-order chi connectivity index (χ1) is 8.00. The predicted molar refractivity (Wildman–Crippen MR) is 62.4 cm³/mol. The van der Waals surface area contributed by atoms with Gasteiger partial charge in [0.15, 0.2) is 0 Å².